The van der Waals surface area contributed by atoms with E-state index in [1.807, 2.05) is 0 Å². The van der Waals surface area contributed by atoms with Crippen molar-refractivity contribution in [3.8, 4) is 0 Å². The zero-order valence-electron chi connectivity index (χ0n) is 20.6. The number of hydrogen-bond acceptors (Lipinski definition) is 12. The Bertz CT molecular complexity index is 1050. The molecule has 0 saturated heterocycles. The maximum Gasteiger partial charge on any atom is 0.379 e. The lowest BCUT2D eigenvalue weighted by atomic mass is 10.1. The number of nitro benzene ring substituents is 2. The summed E-state index contributed by atoms with van der Waals surface area (Å²) >= 11 is 0. The molecular weight excluding hydrogens is 506 g/mol. The SMILES string of the molecule is O=C(OCCOCCOCCOCCOCCNc1ccc([N+](=O)[O-])cc1[N+](=O)[O-])C(=O)c1ccccc1. The third kappa shape index (κ3) is 11.4. The standard InChI is InChI=1S/C24H29N3O11/c28-23(19-4-2-1-3-5-19)24(29)38-17-16-37-15-14-36-13-12-35-11-10-34-9-8-25-21-7-6-20(26(30)31)18-22(21)27(32)33/h1-7,18,25H,8-17H2. The van der Waals surface area contributed by atoms with E-state index < -0.39 is 21.6 Å². The van der Waals surface area contributed by atoms with Gasteiger partial charge in [-0.25, -0.2) is 4.79 Å². The Morgan fingerprint density at radius 3 is 1.82 bits per heavy atom. The van der Waals surface area contributed by atoms with E-state index in [0.29, 0.717) is 33.0 Å². The minimum atomic E-state index is -0.929. The summed E-state index contributed by atoms with van der Waals surface area (Å²) in [5.74, 6) is -1.63. The first kappa shape index (κ1) is 30.2. The predicted molar refractivity (Wildman–Crippen MR) is 133 cm³/mol. The van der Waals surface area contributed by atoms with E-state index in [9.17, 15) is 29.8 Å². The molecule has 2 rings (SSSR count). The number of non-ortho nitro benzene ring substituents is 1. The van der Waals surface area contributed by atoms with Crippen LogP contribution in [0.15, 0.2) is 48.5 Å². The van der Waals surface area contributed by atoms with Gasteiger partial charge in [-0.2, -0.15) is 0 Å². The molecule has 206 valence electrons. The lowest BCUT2D eigenvalue weighted by molar-refractivity contribution is -0.393. The van der Waals surface area contributed by atoms with E-state index in [1.54, 1.807) is 18.2 Å². The average Bonchev–Trinajstić information content (AvgIpc) is 2.92. The number of anilines is 1. The molecule has 2 aromatic rings. The van der Waals surface area contributed by atoms with Crippen molar-refractivity contribution in [2.45, 2.75) is 0 Å². The van der Waals surface area contributed by atoms with Gasteiger partial charge in [0.25, 0.3) is 17.2 Å². The van der Waals surface area contributed by atoms with Crippen molar-refractivity contribution in [2.24, 2.45) is 0 Å². The van der Waals surface area contributed by atoms with E-state index in [1.165, 1.54) is 24.3 Å². The lowest BCUT2D eigenvalue weighted by Gasteiger charge is -2.09. The number of carbonyl (C=O) groups excluding carboxylic acids is 2. The third-order valence-electron chi connectivity index (χ3n) is 4.75. The first-order valence-electron chi connectivity index (χ1n) is 11.6. The largest absolute Gasteiger partial charge is 0.457 e. The number of nitro groups is 2. The van der Waals surface area contributed by atoms with Gasteiger partial charge < -0.3 is 29.0 Å². The highest BCUT2D eigenvalue weighted by atomic mass is 16.6. The molecule has 1 N–H and O–H groups in total. The smallest absolute Gasteiger partial charge is 0.379 e. The van der Waals surface area contributed by atoms with Gasteiger partial charge in [0, 0.05) is 18.2 Å². The van der Waals surface area contributed by atoms with Crippen LogP contribution >= 0.6 is 0 Å². The number of Topliss-reactive ketones (excluding diaryl/α,β-unsaturated/α-hetero) is 1. The molecule has 0 fully saturated rings. The maximum atomic E-state index is 11.8. The number of benzene rings is 2. The van der Waals surface area contributed by atoms with Crippen LogP contribution in [0.4, 0.5) is 17.1 Å². The molecular formula is C24H29N3O11. The summed E-state index contributed by atoms with van der Waals surface area (Å²) < 4.78 is 26.2. The Morgan fingerprint density at radius 2 is 1.26 bits per heavy atom. The summed E-state index contributed by atoms with van der Waals surface area (Å²) in [5.41, 5.74) is -0.304. The molecule has 0 aromatic heterocycles. The van der Waals surface area contributed by atoms with E-state index in [0.717, 1.165) is 6.07 Å². The number of carbonyl (C=O) groups is 2. The van der Waals surface area contributed by atoms with Crippen LogP contribution in [-0.4, -0.2) is 87.6 Å². The van der Waals surface area contributed by atoms with Crippen LogP contribution in [0.1, 0.15) is 10.4 Å². The van der Waals surface area contributed by atoms with Crippen LogP contribution in [0.25, 0.3) is 0 Å². The molecule has 14 nitrogen and oxygen atoms in total. The first-order chi connectivity index (χ1) is 18.4. The summed E-state index contributed by atoms with van der Waals surface area (Å²) in [6, 6.07) is 11.5. The Morgan fingerprint density at radius 1 is 0.711 bits per heavy atom. The Kier molecular flexibility index (Phi) is 13.9. The van der Waals surface area contributed by atoms with Gasteiger partial charge >= 0.3 is 5.97 Å². The van der Waals surface area contributed by atoms with Gasteiger partial charge in [-0.15, -0.1) is 0 Å². The van der Waals surface area contributed by atoms with Crippen molar-refractivity contribution in [1.82, 2.24) is 0 Å². The molecule has 0 aliphatic heterocycles. The molecule has 2 aromatic carbocycles. The number of nitrogens with one attached hydrogen (secondary N) is 1. The zero-order chi connectivity index (χ0) is 27.6. The number of nitrogens with zero attached hydrogens (tertiary/aromatic N) is 2. The second-order valence-electron chi connectivity index (χ2n) is 7.42. The highest BCUT2D eigenvalue weighted by Crippen LogP contribution is 2.28. The van der Waals surface area contributed by atoms with Crippen LogP contribution < -0.4 is 5.32 Å². The second-order valence-corrected chi connectivity index (χ2v) is 7.42. The molecule has 0 atom stereocenters. The normalized spacial score (nSPS) is 10.6. The fraction of sp³-hybridized carbons (Fsp3) is 0.417. The highest BCUT2D eigenvalue weighted by molar-refractivity contribution is 6.40. The summed E-state index contributed by atoms with van der Waals surface area (Å²) in [6.45, 7) is 2.53. The summed E-state index contributed by atoms with van der Waals surface area (Å²) in [6.07, 6.45) is 0. The van der Waals surface area contributed by atoms with Crippen LogP contribution in [0.2, 0.25) is 0 Å². The topological polar surface area (TPSA) is 179 Å². The molecule has 0 bridgehead atoms. The highest BCUT2D eigenvalue weighted by Gasteiger charge is 2.19. The predicted octanol–water partition coefficient (Wildman–Crippen LogP) is 2.41. The molecule has 0 saturated carbocycles. The minimum Gasteiger partial charge on any atom is -0.457 e. The Hall–Kier alpha value is -3.98. The molecule has 14 heteroatoms. The quantitative estimate of drug-likeness (QED) is 0.0654. The number of ketones is 1. The van der Waals surface area contributed by atoms with E-state index in [2.05, 4.69) is 5.32 Å². The third-order valence-corrected chi connectivity index (χ3v) is 4.75. The number of ether oxygens (including phenoxy) is 5. The first-order valence-corrected chi connectivity index (χ1v) is 11.6. The minimum absolute atomic E-state index is 0.0409. The van der Waals surface area contributed by atoms with Crippen LogP contribution in [0.5, 0.6) is 0 Å². The number of hydrogen-bond donors (Lipinski definition) is 1. The fourth-order valence-electron chi connectivity index (χ4n) is 2.92. The van der Waals surface area contributed by atoms with Crippen LogP contribution in [-0.2, 0) is 28.5 Å². The van der Waals surface area contributed by atoms with Gasteiger partial charge in [0.05, 0.1) is 68.8 Å². The van der Waals surface area contributed by atoms with Gasteiger partial charge in [0.1, 0.15) is 12.3 Å². The Labute approximate surface area is 218 Å². The van der Waals surface area contributed by atoms with Crippen molar-refractivity contribution >= 4 is 28.8 Å². The van der Waals surface area contributed by atoms with Gasteiger partial charge in [-0.1, -0.05) is 30.3 Å². The molecule has 0 aliphatic rings. The van der Waals surface area contributed by atoms with Gasteiger partial charge in [-0.3, -0.25) is 25.0 Å². The zero-order valence-corrected chi connectivity index (χ0v) is 20.6. The molecule has 0 heterocycles. The van der Waals surface area contributed by atoms with E-state index in [-0.39, 0.29) is 55.6 Å². The van der Waals surface area contributed by atoms with Crippen molar-refractivity contribution in [2.75, 3.05) is 71.3 Å². The van der Waals surface area contributed by atoms with E-state index >= 15 is 0 Å². The lowest BCUT2D eigenvalue weighted by Crippen LogP contribution is -2.20. The molecule has 0 spiro atoms. The van der Waals surface area contributed by atoms with Crippen molar-refractivity contribution in [3.05, 3.63) is 74.3 Å². The summed E-state index contributed by atoms with van der Waals surface area (Å²) in [5, 5.41) is 24.7. The maximum absolute atomic E-state index is 11.8. The van der Waals surface area contributed by atoms with Crippen LogP contribution in [0.3, 0.4) is 0 Å². The fourth-order valence-corrected chi connectivity index (χ4v) is 2.92. The van der Waals surface area contributed by atoms with E-state index in [4.69, 9.17) is 23.7 Å². The molecule has 0 aliphatic carbocycles. The number of esters is 1. The molecule has 0 amide bonds. The van der Waals surface area contributed by atoms with Gasteiger partial charge in [-0.05, 0) is 6.07 Å². The summed E-state index contributed by atoms with van der Waals surface area (Å²) in [4.78, 5) is 44.0. The van der Waals surface area contributed by atoms with Crippen molar-refractivity contribution in [1.29, 1.82) is 0 Å². The monoisotopic (exact) mass is 535 g/mol. The van der Waals surface area contributed by atoms with Crippen molar-refractivity contribution in [3.63, 3.8) is 0 Å². The molecule has 38 heavy (non-hydrogen) atoms. The Balaban J connectivity index is 1.39. The average molecular weight is 536 g/mol. The van der Waals surface area contributed by atoms with Gasteiger partial charge in [0.15, 0.2) is 0 Å². The van der Waals surface area contributed by atoms with Crippen molar-refractivity contribution < 1.29 is 43.1 Å². The molecule has 0 radical (unpaired) electrons. The number of rotatable bonds is 20. The summed E-state index contributed by atoms with van der Waals surface area (Å²) in [7, 11) is 0. The molecule has 0 unspecified atom stereocenters. The van der Waals surface area contributed by atoms with Gasteiger partial charge in [0.2, 0.25) is 0 Å². The van der Waals surface area contributed by atoms with Crippen LogP contribution in [0, 0.1) is 20.2 Å². The second kappa shape index (κ2) is 17.5.